The molecule has 0 unspecified atom stereocenters. The summed E-state index contributed by atoms with van der Waals surface area (Å²) in [6.07, 6.45) is 1.57. The SMILES string of the molecule is CCONC(=O)c1cc[nH]n1. The quantitative estimate of drug-likeness (QED) is 0.608. The lowest BCUT2D eigenvalue weighted by Crippen LogP contribution is -2.23. The maximum Gasteiger partial charge on any atom is 0.295 e. The van der Waals surface area contributed by atoms with E-state index in [-0.39, 0.29) is 5.91 Å². The van der Waals surface area contributed by atoms with Crippen LogP contribution in [-0.2, 0) is 4.84 Å². The molecule has 5 nitrogen and oxygen atoms in total. The largest absolute Gasteiger partial charge is 0.295 e. The van der Waals surface area contributed by atoms with E-state index < -0.39 is 0 Å². The maximum absolute atomic E-state index is 10.9. The Morgan fingerprint density at radius 3 is 3.27 bits per heavy atom. The van der Waals surface area contributed by atoms with Crippen molar-refractivity contribution in [3.05, 3.63) is 18.0 Å². The van der Waals surface area contributed by atoms with Gasteiger partial charge in [-0.3, -0.25) is 14.7 Å². The fraction of sp³-hybridized carbons (Fsp3) is 0.333. The van der Waals surface area contributed by atoms with Gasteiger partial charge in [0.2, 0.25) is 0 Å². The molecule has 1 heterocycles. The zero-order chi connectivity index (χ0) is 8.10. The summed E-state index contributed by atoms with van der Waals surface area (Å²) in [5.74, 6) is -0.340. The third-order valence-electron chi connectivity index (χ3n) is 1.04. The molecule has 0 aromatic carbocycles. The Labute approximate surface area is 63.7 Å². The van der Waals surface area contributed by atoms with Crippen LogP contribution in [0, 0.1) is 0 Å². The van der Waals surface area contributed by atoms with Gasteiger partial charge < -0.3 is 0 Å². The predicted octanol–water partition coefficient (Wildman–Crippen LogP) is 0.0910. The summed E-state index contributed by atoms with van der Waals surface area (Å²) >= 11 is 0. The van der Waals surface area contributed by atoms with Crippen LogP contribution in [0.2, 0.25) is 0 Å². The fourth-order valence-electron chi connectivity index (χ4n) is 0.577. The lowest BCUT2D eigenvalue weighted by molar-refractivity contribution is 0.0360. The van der Waals surface area contributed by atoms with Crippen molar-refractivity contribution in [3.63, 3.8) is 0 Å². The zero-order valence-corrected chi connectivity index (χ0v) is 6.13. The van der Waals surface area contributed by atoms with E-state index in [2.05, 4.69) is 20.5 Å². The average Bonchev–Trinajstić information content (AvgIpc) is 2.52. The molecule has 1 rings (SSSR count). The summed E-state index contributed by atoms with van der Waals surface area (Å²) in [7, 11) is 0. The van der Waals surface area contributed by atoms with Crippen molar-refractivity contribution >= 4 is 5.91 Å². The van der Waals surface area contributed by atoms with Crippen LogP contribution in [0.4, 0.5) is 0 Å². The van der Waals surface area contributed by atoms with Crippen LogP contribution in [0.5, 0.6) is 0 Å². The van der Waals surface area contributed by atoms with Crippen molar-refractivity contribution < 1.29 is 9.63 Å². The van der Waals surface area contributed by atoms with Gasteiger partial charge in [-0.25, -0.2) is 5.48 Å². The van der Waals surface area contributed by atoms with Crippen LogP contribution in [0.3, 0.4) is 0 Å². The third-order valence-corrected chi connectivity index (χ3v) is 1.04. The topological polar surface area (TPSA) is 67.0 Å². The van der Waals surface area contributed by atoms with Crippen molar-refractivity contribution in [2.45, 2.75) is 6.92 Å². The molecule has 1 aromatic heterocycles. The van der Waals surface area contributed by atoms with Gasteiger partial charge >= 0.3 is 0 Å². The second-order valence-electron chi connectivity index (χ2n) is 1.82. The number of hydrogen-bond acceptors (Lipinski definition) is 3. The molecule has 11 heavy (non-hydrogen) atoms. The van der Waals surface area contributed by atoms with Gasteiger partial charge in [-0.05, 0) is 13.0 Å². The number of aromatic amines is 1. The van der Waals surface area contributed by atoms with E-state index in [1.54, 1.807) is 19.2 Å². The predicted molar refractivity (Wildman–Crippen MR) is 37.7 cm³/mol. The van der Waals surface area contributed by atoms with Crippen LogP contribution < -0.4 is 5.48 Å². The Morgan fingerprint density at radius 2 is 2.73 bits per heavy atom. The lowest BCUT2D eigenvalue weighted by atomic mass is 10.4. The van der Waals surface area contributed by atoms with Gasteiger partial charge in [-0.2, -0.15) is 5.10 Å². The van der Waals surface area contributed by atoms with E-state index in [4.69, 9.17) is 0 Å². The Kier molecular flexibility index (Phi) is 2.62. The Morgan fingerprint density at radius 1 is 1.91 bits per heavy atom. The number of nitrogens with zero attached hydrogens (tertiary/aromatic N) is 1. The van der Waals surface area contributed by atoms with Crippen LogP contribution in [0.1, 0.15) is 17.4 Å². The standard InChI is InChI=1S/C6H9N3O2/c1-2-11-9-6(10)5-3-4-7-8-5/h3-4H,2H2,1H3,(H,7,8)(H,9,10). The third kappa shape index (κ3) is 2.05. The van der Waals surface area contributed by atoms with Gasteiger partial charge in [-0.15, -0.1) is 0 Å². The number of H-pyrrole nitrogens is 1. The first kappa shape index (κ1) is 7.74. The Hall–Kier alpha value is -1.36. The molecule has 1 amide bonds. The molecule has 0 aliphatic heterocycles. The number of hydrogen-bond donors (Lipinski definition) is 2. The second-order valence-corrected chi connectivity index (χ2v) is 1.82. The average molecular weight is 155 g/mol. The normalized spacial score (nSPS) is 9.55. The van der Waals surface area contributed by atoms with Crippen molar-refractivity contribution in [3.8, 4) is 0 Å². The van der Waals surface area contributed by atoms with Crippen molar-refractivity contribution in [2.75, 3.05) is 6.61 Å². The molecule has 60 valence electrons. The number of amides is 1. The van der Waals surface area contributed by atoms with Gasteiger partial charge in [0.1, 0.15) is 0 Å². The van der Waals surface area contributed by atoms with Gasteiger partial charge in [0, 0.05) is 6.20 Å². The molecule has 1 aromatic rings. The molecule has 2 N–H and O–H groups in total. The highest BCUT2D eigenvalue weighted by Gasteiger charge is 2.05. The van der Waals surface area contributed by atoms with E-state index in [1.165, 1.54) is 0 Å². The first-order valence-electron chi connectivity index (χ1n) is 3.26. The highest BCUT2D eigenvalue weighted by molar-refractivity contribution is 5.91. The minimum absolute atomic E-state index is 0.318. The van der Waals surface area contributed by atoms with E-state index >= 15 is 0 Å². The van der Waals surface area contributed by atoms with Gasteiger partial charge in [0.25, 0.3) is 5.91 Å². The minimum atomic E-state index is -0.340. The molecular weight excluding hydrogens is 146 g/mol. The summed E-state index contributed by atoms with van der Waals surface area (Å²) < 4.78 is 0. The van der Waals surface area contributed by atoms with E-state index in [1.807, 2.05) is 0 Å². The first-order chi connectivity index (χ1) is 5.34. The van der Waals surface area contributed by atoms with Crippen molar-refractivity contribution in [2.24, 2.45) is 0 Å². The number of nitrogens with one attached hydrogen (secondary N) is 2. The van der Waals surface area contributed by atoms with Crippen LogP contribution in [-0.4, -0.2) is 22.7 Å². The Bertz CT molecular complexity index is 220. The summed E-state index contributed by atoms with van der Waals surface area (Å²) in [6.45, 7) is 2.22. The van der Waals surface area contributed by atoms with E-state index in [0.29, 0.717) is 12.3 Å². The highest BCUT2D eigenvalue weighted by Crippen LogP contribution is 1.89. The summed E-state index contributed by atoms with van der Waals surface area (Å²) in [5, 5.41) is 6.17. The number of hydroxylamine groups is 1. The summed E-state index contributed by atoms with van der Waals surface area (Å²) in [5.41, 5.74) is 2.53. The molecule has 0 saturated carbocycles. The maximum atomic E-state index is 10.9. The van der Waals surface area contributed by atoms with Crippen LogP contribution in [0.15, 0.2) is 12.3 Å². The minimum Gasteiger partial charge on any atom is -0.285 e. The number of rotatable bonds is 3. The first-order valence-corrected chi connectivity index (χ1v) is 3.26. The summed E-state index contributed by atoms with van der Waals surface area (Å²) in [4.78, 5) is 15.6. The van der Waals surface area contributed by atoms with Gasteiger partial charge in [0.15, 0.2) is 5.69 Å². The zero-order valence-electron chi connectivity index (χ0n) is 6.13. The fourth-order valence-corrected chi connectivity index (χ4v) is 0.577. The van der Waals surface area contributed by atoms with E-state index in [0.717, 1.165) is 0 Å². The second kappa shape index (κ2) is 3.72. The molecule has 0 spiro atoms. The summed E-state index contributed by atoms with van der Waals surface area (Å²) in [6, 6.07) is 1.56. The molecule has 0 fully saturated rings. The molecule has 5 heteroatoms. The molecular formula is C6H9N3O2. The molecule has 0 aliphatic rings. The number of aromatic nitrogens is 2. The van der Waals surface area contributed by atoms with Crippen molar-refractivity contribution in [1.29, 1.82) is 0 Å². The lowest BCUT2D eigenvalue weighted by Gasteiger charge is -1.98. The molecule has 0 bridgehead atoms. The number of carbonyl (C=O) groups excluding carboxylic acids is 1. The van der Waals surface area contributed by atoms with E-state index in [9.17, 15) is 4.79 Å². The monoisotopic (exact) mass is 155 g/mol. The van der Waals surface area contributed by atoms with Gasteiger partial charge in [-0.1, -0.05) is 0 Å². The molecule has 0 radical (unpaired) electrons. The molecule has 0 saturated heterocycles. The van der Waals surface area contributed by atoms with Gasteiger partial charge in [0.05, 0.1) is 6.61 Å². The molecule has 0 aliphatic carbocycles. The number of carbonyl (C=O) groups is 1. The molecule has 0 atom stereocenters. The smallest absolute Gasteiger partial charge is 0.285 e. The Balaban J connectivity index is 2.43. The van der Waals surface area contributed by atoms with Crippen LogP contribution in [0.25, 0.3) is 0 Å². The van der Waals surface area contributed by atoms with Crippen LogP contribution >= 0.6 is 0 Å². The highest BCUT2D eigenvalue weighted by atomic mass is 16.6. The van der Waals surface area contributed by atoms with Crippen molar-refractivity contribution in [1.82, 2.24) is 15.7 Å².